The van der Waals surface area contributed by atoms with Crippen molar-refractivity contribution in [2.45, 2.75) is 202 Å². The van der Waals surface area contributed by atoms with E-state index in [-0.39, 0.29) is 71.8 Å². The Balaban J connectivity index is 0.801. The van der Waals surface area contributed by atoms with Gasteiger partial charge in [0.25, 0.3) is 0 Å². The summed E-state index contributed by atoms with van der Waals surface area (Å²) < 4.78 is 38.7. The standard InChI is InChI=1S/C79H94N2O11/c1-42-54-13-6-11-45(54)22-27-72(42)25-8-26-75-61(72)33-53-32-52-12-7-24-73(52)36-50-35-71(2)77-51(20-17-49-39-88-60(62(49)77)34-56(59(83)38-82)47-18-21-55-48(31-47)23-28-81-41-80-37-58(55)81)19-16-46-15-14-44(29-43-9-4-3-5-10-43)30-57(46)76(79(71)68(90-79)70(87)91-77)64(50)74(65(75)63(84)67(76)85)40-89-69(86)66(73)78(53,74)92-75/h3-5,9-10,22-23,27-28,33,39,42,44-48,50-52,54-59,61,64-68,80,82-83,85H,6-8,11-15,17-18,20-21,24-26,29-32,34-38,40-41H2,1-2H3. The van der Waals surface area contributed by atoms with E-state index in [1.807, 2.05) is 6.26 Å². The zero-order valence-electron chi connectivity index (χ0n) is 53.9. The molecule has 12 aliphatic carbocycles. The summed E-state index contributed by atoms with van der Waals surface area (Å²) in [5.41, 5.74) is -5.17. The average molecular weight is 1250 g/mol. The van der Waals surface area contributed by atoms with Crippen LogP contribution in [0.15, 0.2) is 77.1 Å². The number of aliphatic hydroxyl groups excluding tert-OH is 3. The van der Waals surface area contributed by atoms with Gasteiger partial charge >= 0.3 is 11.9 Å². The van der Waals surface area contributed by atoms with Gasteiger partial charge in [-0.2, -0.15) is 0 Å². The normalized spacial score (nSPS) is 54.4. The minimum Gasteiger partial charge on any atom is -0.469 e. The number of hydrogen-bond acceptors (Lipinski definition) is 13. The third-order valence-electron chi connectivity index (χ3n) is 33.0. The number of fused-ring (bicyclic) bond motifs is 7. The van der Waals surface area contributed by atoms with Crippen LogP contribution in [0.5, 0.6) is 0 Å². The average Bonchev–Trinajstić information content (AvgIpc) is 1.41. The second-order valence-corrected chi connectivity index (χ2v) is 35.1. The van der Waals surface area contributed by atoms with E-state index in [0.29, 0.717) is 79.9 Å². The van der Waals surface area contributed by atoms with Gasteiger partial charge in [-0.25, -0.2) is 4.79 Å². The molecular weight excluding hydrogens is 1150 g/mol. The predicted octanol–water partition coefficient (Wildman–Crippen LogP) is 10.1. The first-order valence-electron chi connectivity index (χ1n) is 37.2. The SMILES string of the molecule is CC1C2CCCC2C=CC12CCCC13OC45C(=CC21)CC1CCCC12CC1CC6(C)C78OC(=O)C9OC96C6(C(O)C(=O)C3C4(COC(=O)C25)C16)C1CC(Cc2ccccc2)CCC1C#CC7CCc1coc(CC(C(O)CO)C2CCC3C(C=CN4CNCC34)C2)c18. The topological polar surface area (TPSA) is 181 Å². The number of nitrogens with zero attached hydrogens (tertiary/aromatic N) is 1. The highest BCUT2D eigenvalue weighted by molar-refractivity contribution is 5.94. The molecule has 14 fully saturated rings. The summed E-state index contributed by atoms with van der Waals surface area (Å²) in [7, 11) is 0. The fraction of sp³-hybridized carbons (Fsp3) is 0.734. The molecule has 1 aromatic carbocycles. The largest absolute Gasteiger partial charge is 0.469 e. The van der Waals surface area contributed by atoms with Gasteiger partial charge in [0.05, 0.1) is 54.4 Å². The molecule has 8 heterocycles. The molecule has 30 unspecified atom stereocenters. The van der Waals surface area contributed by atoms with Crippen LogP contribution in [0.2, 0.25) is 0 Å². The molecular formula is C79H94N2O11. The van der Waals surface area contributed by atoms with Crippen molar-refractivity contribution in [3.8, 4) is 11.8 Å². The summed E-state index contributed by atoms with van der Waals surface area (Å²) in [5.74, 6) is 7.16. The van der Waals surface area contributed by atoms with Gasteiger partial charge < -0.3 is 43.6 Å². The number of carbonyl (C=O) groups excluding carboxylic acids is 3. The van der Waals surface area contributed by atoms with Crippen LogP contribution in [-0.2, 0) is 58.2 Å². The summed E-state index contributed by atoms with van der Waals surface area (Å²) in [4.78, 5) is 53.2. The second-order valence-electron chi connectivity index (χ2n) is 35.1. The number of ketones is 1. The Morgan fingerprint density at radius 1 is 0.880 bits per heavy atom. The number of epoxide rings is 1. The number of aryl methyl sites for hydroxylation is 1. The van der Waals surface area contributed by atoms with Gasteiger partial charge in [-0.3, -0.25) is 14.9 Å². The number of Topliss-reactive ketones (excluding diaryl/α,β-unsaturated/α-hetero) is 1. The monoisotopic (exact) mass is 1250 g/mol. The first-order chi connectivity index (χ1) is 44.7. The van der Waals surface area contributed by atoms with E-state index in [2.05, 4.69) is 96.7 Å². The molecule has 4 N–H and O–H groups in total. The summed E-state index contributed by atoms with van der Waals surface area (Å²) >= 11 is 0. The van der Waals surface area contributed by atoms with Gasteiger partial charge in [-0.1, -0.05) is 93.2 Å². The summed E-state index contributed by atoms with van der Waals surface area (Å²) in [5, 5.41) is 42.4. The molecule has 9 bridgehead atoms. The van der Waals surface area contributed by atoms with Crippen LogP contribution < -0.4 is 5.32 Å². The van der Waals surface area contributed by atoms with Gasteiger partial charge in [0, 0.05) is 52.7 Å². The minimum absolute atomic E-state index is 0.0369. The van der Waals surface area contributed by atoms with E-state index >= 15 is 19.5 Å². The Bertz CT molecular complexity index is 3710. The Hall–Kier alpha value is -4.55. The van der Waals surface area contributed by atoms with E-state index in [1.165, 1.54) is 30.4 Å². The number of allylic oxidation sites excluding steroid dienone is 3. The molecule has 19 aliphatic rings. The number of cyclic esters (lactones) is 1. The molecule has 21 rings (SSSR count). The fourth-order valence-corrected chi connectivity index (χ4v) is 30.5. The van der Waals surface area contributed by atoms with Crippen molar-refractivity contribution in [2.75, 3.05) is 26.4 Å². The van der Waals surface area contributed by atoms with E-state index in [1.54, 1.807) is 0 Å². The fourth-order valence-electron chi connectivity index (χ4n) is 30.5. The maximum Gasteiger partial charge on any atom is 0.339 e. The molecule has 2 aromatic rings. The van der Waals surface area contributed by atoms with Crippen LogP contribution >= 0.6 is 0 Å². The van der Waals surface area contributed by atoms with Crippen molar-refractivity contribution >= 4 is 17.7 Å². The van der Waals surface area contributed by atoms with Crippen LogP contribution in [0.3, 0.4) is 0 Å². The number of carbonyl (C=O) groups is 3. The zero-order chi connectivity index (χ0) is 61.6. The lowest BCUT2D eigenvalue weighted by Gasteiger charge is -2.74. The number of hydrogen-bond donors (Lipinski definition) is 4. The molecule has 8 spiro atoms. The molecule has 5 saturated heterocycles. The van der Waals surface area contributed by atoms with E-state index < -0.39 is 97.9 Å². The van der Waals surface area contributed by atoms with Crippen LogP contribution in [0.4, 0.5) is 0 Å². The Morgan fingerprint density at radius 3 is 2.65 bits per heavy atom. The van der Waals surface area contributed by atoms with Gasteiger partial charge in [-0.15, -0.1) is 0 Å². The number of ether oxygens (including phenoxy) is 4. The number of nitrogens with one attached hydrogen (secondary N) is 1. The molecule has 9 saturated carbocycles. The van der Waals surface area contributed by atoms with E-state index in [4.69, 9.17) is 23.4 Å². The highest BCUT2D eigenvalue weighted by atomic mass is 16.7. The van der Waals surface area contributed by atoms with Crippen LogP contribution in [-0.4, -0.2) is 106 Å². The van der Waals surface area contributed by atoms with Crippen molar-refractivity contribution in [3.05, 3.63) is 95.1 Å². The first kappa shape index (κ1) is 56.6. The van der Waals surface area contributed by atoms with Crippen LogP contribution in [0.25, 0.3) is 0 Å². The van der Waals surface area contributed by atoms with Gasteiger partial charge in [0.2, 0.25) is 0 Å². The number of rotatable bonds is 7. The van der Waals surface area contributed by atoms with Gasteiger partial charge in [0.1, 0.15) is 29.7 Å². The predicted molar refractivity (Wildman–Crippen MR) is 336 cm³/mol. The Labute approximate surface area is 541 Å². The molecule has 30 atom stereocenters. The molecule has 0 amide bonds. The van der Waals surface area contributed by atoms with Crippen molar-refractivity contribution in [2.24, 2.45) is 128 Å². The maximum absolute atomic E-state index is 18.1. The first-order valence-corrected chi connectivity index (χ1v) is 37.2. The third kappa shape index (κ3) is 6.16. The number of esters is 2. The van der Waals surface area contributed by atoms with Crippen molar-refractivity contribution in [1.29, 1.82) is 0 Å². The lowest BCUT2D eigenvalue weighted by Crippen LogP contribution is -2.84. The smallest absolute Gasteiger partial charge is 0.339 e. The van der Waals surface area contributed by atoms with Gasteiger partial charge in [-0.05, 0) is 221 Å². The van der Waals surface area contributed by atoms with E-state index in [0.717, 1.165) is 108 Å². The zero-order valence-corrected chi connectivity index (χ0v) is 53.9. The molecule has 486 valence electrons. The van der Waals surface area contributed by atoms with Crippen molar-refractivity contribution in [1.82, 2.24) is 10.2 Å². The summed E-state index contributed by atoms with van der Waals surface area (Å²) in [6, 6.07) is 11.3. The highest BCUT2D eigenvalue weighted by Crippen LogP contribution is 2.92. The quantitative estimate of drug-likeness (QED) is 0.0891. The third-order valence-corrected chi connectivity index (χ3v) is 33.0. The molecule has 0 radical (unpaired) electrons. The number of benzene rings is 1. The Morgan fingerprint density at radius 2 is 1.77 bits per heavy atom. The molecule has 1 aromatic heterocycles. The number of aliphatic hydroxyl groups is 3. The molecule has 13 nitrogen and oxygen atoms in total. The summed E-state index contributed by atoms with van der Waals surface area (Å²) in [6.07, 6.45) is 29.7. The molecule has 13 heteroatoms. The lowest BCUT2D eigenvalue weighted by atomic mass is 9.28. The Kier molecular flexibility index (Phi) is 11.4. The second kappa shape index (κ2) is 18.6. The van der Waals surface area contributed by atoms with Crippen LogP contribution in [0.1, 0.15) is 158 Å². The van der Waals surface area contributed by atoms with Crippen molar-refractivity contribution < 1.29 is 53.1 Å². The molecule has 7 aliphatic heterocycles. The van der Waals surface area contributed by atoms with Crippen LogP contribution in [0, 0.1) is 140 Å². The maximum atomic E-state index is 18.1. The number of furan rings is 1. The minimum atomic E-state index is -1.56. The van der Waals surface area contributed by atoms with Crippen molar-refractivity contribution in [3.63, 3.8) is 0 Å². The van der Waals surface area contributed by atoms with Gasteiger partial charge in [0.15, 0.2) is 17.5 Å². The van der Waals surface area contributed by atoms with E-state index in [9.17, 15) is 10.2 Å². The molecule has 92 heavy (non-hydrogen) atoms. The summed E-state index contributed by atoms with van der Waals surface area (Å²) in [6.45, 7) is 6.37. The highest BCUT2D eigenvalue weighted by Gasteiger charge is 3.01. The lowest BCUT2D eigenvalue weighted by molar-refractivity contribution is -0.320.